The summed E-state index contributed by atoms with van der Waals surface area (Å²) in [6.45, 7) is 4.22. The highest BCUT2D eigenvalue weighted by Crippen LogP contribution is 2.20. The van der Waals surface area contributed by atoms with E-state index in [1.807, 2.05) is 25.2 Å². The van der Waals surface area contributed by atoms with Crippen molar-refractivity contribution in [1.82, 2.24) is 5.32 Å². The van der Waals surface area contributed by atoms with Crippen LogP contribution in [0.25, 0.3) is 0 Å². The molecule has 2 heteroatoms. The highest BCUT2D eigenvalue weighted by molar-refractivity contribution is 6.30. The zero-order valence-corrected chi connectivity index (χ0v) is 8.44. The molecule has 0 bridgehead atoms. The van der Waals surface area contributed by atoms with Gasteiger partial charge in [0.25, 0.3) is 0 Å². The van der Waals surface area contributed by atoms with Crippen molar-refractivity contribution in [2.45, 2.75) is 19.9 Å². The highest BCUT2D eigenvalue weighted by Gasteiger charge is 2.05. The summed E-state index contributed by atoms with van der Waals surface area (Å²) in [4.78, 5) is 0. The van der Waals surface area contributed by atoms with E-state index in [1.165, 1.54) is 11.1 Å². The molecule has 0 unspecified atom stereocenters. The van der Waals surface area contributed by atoms with Gasteiger partial charge in [0.2, 0.25) is 0 Å². The molecule has 1 aromatic carbocycles. The molecule has 66 valence electrons. The normalized spacial score (nSPS) is 13.0. The number of hydrogen-bond acceptors (Lipinski definition) is 1. The Morgan fingerprint density at radius 3 is 2.67 bits per heavy atom. The molecule has 0 amide bonds. The van der Waals surface area contributed by atoms with Crippen molar-refractivity contribution in [2.24, 2.45) is 0 Å². The molecule has 0 heterocycles. The Labute approximate surface area is 78.7 Å². The van der Waals surface area contributed by atoms with Crippen LogP contribution < -0.4 is 5.32 Å². The third-order valence-electron chi connectivity index (χ3n) is 2.14. The zero-order chi connectivity index (χ0) is 9.14. The second-order valence-electron chi connectivity index (χ2n) is 3.01. The lowest BCUT2D eigenvalue weighted by atomic mass is 10.0. The van der Waals surface area contributed by atoms with Crippen LogP contribution in [0.4, 0.5) is 0 Å². The molecule has 0 saturated carbocycles. The van der Waals surface area contributed by atoms with Crippen molar-refractivity contribution < 1.29 is 0 Å². The number of hydrogen-bond donors (Lipinski definition) is 1. The van der Waals surface area contributed by atoms with Crippen LogP contribution in [0, 0.1) is 6.92 Å². The van der Waals surface area contributed by atoms with Gasteiger partial charge >= 0.3 is 0 Å². The number of benzene rings is 1. The first-order valence-corrected chi connectivity index (χ1v) is 4.46. The lowest BCUT2D eigenvalue weighted by molar-refractivity contribution is 0.648. The van der Waals surface area contributed by atoms with Gasteiger partial charge in [-0.05, 0) is 44.2 Å². The molecule has 1 nitrogen and oxygen atoms in total. The van der Waals surface area contributed by atoms with Crippen LogP contribution in [-0.2, 0) is 0 Å². The quantitative estimate of drug-likeness (QED) is 0.744. The molecule has 1 N–H and O–H groups in total. The average molecular weight is 184 g/mol. The average Bonchev–Trinajstić information content (AvgIpc) is 2.08. The summed E-state index contributed by atoms with van der Waals surface area (Å²) < 4.78 is 0. The molecule has 0 aliphatic heterocycles. The molecule has 0 saturated heterocycles. The van der Waals surface area contributed by atoms with Crippen LogP contribution in [0.2, 0.25) is 5.02 Å². The summed E-state index contributed by atoms with van der Waals surface area (Å²) in [7, 11) is 1.95. The second kappa shape index (κ2) is 3.92. The largest absolute Gasteiger partial charge is 0.313 e. The van der Waals surface area contributed by atoms with Gasteiger partial charge in [-0.25, -0.2) is 0 Å². The van der Waals surface area contributed by atoms with Crippen molar-refractivity contribution in [3.63, 3.8) is 0 Å². The van der Waals surface area contributed by atoms with E-state index in [4.69, 9.17) is 11.6 Å². The first-order valence-electron chi connectivity index (χ1n) is 4.08. The van der Waals surface area contributed by atoms with E-state index in [2.05, 4.69) is 19.2 Å². The Hall–Kier alpha value is -0.530. The highest BCUT2D eigenvalue weighted by atomic mass is 35.5. The van der Waals surface area contributed by atoms with Gasteiger partial charge in [0, 0.05) is 11.1 Å². The minimum atomic E-state index is 0.365. The summed E-state index contributed by atoms with van der Waals surface area (Å²) in [6.07, 6.45) is 0. The smallest absolute Gasteiger partial charge is 0.0409 e. The van der Waals surface area contributed by atoms with Gasteiger partial charge in [0.1, 0.15) is 0 Å². The van der Waals surface area contributed by atoms with E-state index in [0.717, 1.165) is 5.02 Å². The lowest BCUT2D eigenvalue weighted by Crippen LogP contribution is -2.13. The Bertz CT molecular complexity index is 271. The molecule has 0 spiro atoms. The number of rotatable bonds is 2. The van der Waals surface area contributed by atoms with E-state index in [9.17, 15) is 0 Å². The maximum Gasteiger partial charge on any atom is 0.0409 e. The van der Waals surface area contributed by atoms with Crippen molar-refractivity contribution in [3.8, 4) is 0 Å². The Morgan fingerprint density at radius 2 is 2.08 bits per heavy atom. The maximum atomic E-state index is 5.89. The molecule has 0 radical (unpaired) electrons. The van der Waals surface area contributed by atoms with Crippen LogP contribution in [0.1, 0.15) is 24.1 Å². The number of nitrogens with one attached hydrogen (secondary N) is 1. The van der Waals surface area contributed by atoms with Crippen molar-refractivity contribution in [3.05, 3.63) is 34.3 Å². The topological polar surface area (TPSA) is 12.0 Å². The Morgan fingerprint density at radius 1 is 1.42 bits per heavy atom. The predicted octanol–water partition coefficient (Wildman–Crippen LogP) is 2.93. The summed E-state index contributed by atoms with van der Waals surface area (Å²) in [5, 5.41) is 3.99. The van der Waals surface area contributed by atoms with Crippen LogP contribution in [0.5, 0.6) is 0 Å². The molecular formula is C10H14ClN. The van der Waals surface area contributed by atoms with Gasteiger partial charge < -0.3 is 5.32 Å². The maximum absolute atomic E-state index is 5.89. The summed E-state index contributed by atoms with van der Waals surface area (Å²) in [5.74, 6) is 0. The molecule has 12 heavy (non-hydrogen) atoms. The van der Waals surface area contributed by atoms with E-state index in [-0.39, 0.29) is 0 Å². The molecule has 0 aliphatic carbocycles. The fourth-order valence-electron chi connectivity index (χ4n) is 1.23. The molecule has 1 aromatic rings. The first-order chi connectivity index (χ1) is 5.65. The third kappa shape index (κ3) is 1.99. The third-order valence-corrected chi connectivity index (χ3v) is 2.38. The summed E-state index contributed by atoms with van der Waals surface area (Å²) >= 11 is 5.89. The lowest BCUT2D eigenvalue weighted by Gasteiger charge is -2.13. The molecule has 0 fully saturated rings. The summed E-state index contributed by atoms with van der Waals surface area (Å²) in [6, 6.07) is 6.34. The SMILES string of the molecule is CN[C@H](C)c1cc(Cl)ccc1C. The Kier molecular flexibility index (Phi) is 3.12. The van der Waals surface area contributed by atoms with Gasteiger partial charge in [-0.2, -0.15) is 0 Å². The van der Waals surface area contributed by atoms with E-state index < -0.39 is 0 Å². The van der Waals surface area contributed by atoms with Gasteiger partial charge in [-0.1, -0.05) is 17.7 Å². The standard InChI is InChI=1S/C10H14ClN/c1-7-4-5-9(11)6-10(7)8(2)12-3/h4-6,8,12H,1-3H3/t8-/m1/s1. The van der Waals surface area contributed by atoms with Crippen LogP contribution in [0.15, 0.2) is 18.2 Å². The van der Waals surface area contributed by atoms with Gasteiger partial charge in [0.15, 0.2) is 0 Å². The number of halogens is 1. The van der Waals surface area contributed by atoms with Crippen molar-refractivity contribution in [2.75, 3.05) is 7.05 Å². The Balaban J connectivity index is 3.04. The van der Waals surface area contributed by atoms with Crippen LogP contribution in [0.3, 0.4) is 0 Å². The fourth-order valence-corrected chi connectivity index (χ4v) is 1.41. The van der Waals surface area contributed by atoms with E-state index in [1.54, 1.807) is 0 Å². The molecular weight excluding hydrogens is 170 g/mol. The van der Waals surface area contributed by atoms with Crippen molar-refractivity contribution in [1.29, 1.82) is 0 Å². The van der Waals surface area contributed by atoms with Gasteiger partial charge in [-0.15, -0.1) is 0 Å². The zero-order valence-electron chi connectivity index (χ0n) is 7.69. The second-order valence-corrected chi connectivity index (χ2v) is 3.45. The van der Waals surface area contributed by atoms with Gasteiger partial charge in [0.05, 0.1) is 0 Å². The first kappa shape index (κ1) is 9.56. The van der Waals surface area contributed by atoms with Crippen LogP contribution in [-0.4, -0.2) is 7.05 Å². The van der Waals surface area contributed by atoms with Crippen molar-refractivity contribution >= 4 is 11.6 Å². The van der Waals surface area contributed by atoms with E-state index >= 15 is 0 Å². The van der Waals surface area contributed by atoms with Gasteiger partial charge in [-0.3, -0.25) is 0 Å². The molecule has 1 rings (SSSR count). The molecule has 1 atom stereocenters. The number of aryl methyl sites for hydroxylation is 1. The van der Waals surface area contributed by atoms with Crippen LogP contribution >= 0.6 is 11.6 Å². The molecule has 0 aromatic heterocycles. The summed E-state index contributed by atoms with van der Waals surface area (Å²) in [5.41, 5.74) is 2.55. The van der Waals surface area contributed by atoms with E-state index in [0.29, 0.717) is 6.04 Å². The predicted molar refractivity (Wildman–Crippen MR) is 53.7 cm³/mol. The fraction of sp³-hybridized carbons (Fsp3) is 0.400. The minimum absolute atomic E-state index is 0.365. The molecule has 0 aliphatic rings. The minimum Gasteiger partial charge on any atom is -0.313 e. The monoisotopic (exact) mass is 183 g/mol.